The summed E-state index contributed by atoms with van der Waals surface area (Å²) in [5.41, 5.74) is 1.40. The van der Waals surface area contributed by atoms with Crippen LogP contribution in [-0.2, 0) is 18.3 Å². The van der Waals surface area contributed by atoms with Crippen LogP contribution in [0.25, 0.3) is 0 Å². The van der Waals surface area contributed by atoms with E-state index >= 15 is 0 Å². The lowest BCUT2D eigenvalue weighted by atomic mass is 10.2. The maximum absolute atomic E-state index is 8.89. The summed E-state index contributed by atoms with van der Waals surface area (Å²) in [4.78, 5) is 8.89. The van der Waals surface area contributed by atoms with Gasteiger partial charge in [0.25, 0.3) is 0 Å². The molecule has 0 N–H and O–H groups in total. The van der Waals surface area contributed by atoms with Gasteiger partial charge in [0.15, 0.2) is 12.4 Å². The predicted octanol–water partition coefficient (Wildman–Crippen LogP) is -0.170. The molecule has 0 radical (unpaired) electrons. The van der Waals surface area contributed by atoms with Crippen LogP contribution in [0.3, 0.4) is 0 Å². The quantitative estimate of drug-likeness (QED) is 0.565. The van der Waals surface area contributed by atoms with E-state index < -0.39 is 5.97 Å². The second-order valence-electron chi connectivity index (χ2n) is 2.72. The van der Waals surface area contributed by atoms with Crippen LogP contribution in [0.15, 0.2) is 24.5 Å². The molecule has 1 heterocycles. The van der Waals surface area contributed by atoms with E-state index in [-0.39, 0.29) is 0 Å². The van der Waals surface area contributed by atoms with Crippen LogP contribution >= 0.6 is 0 Å². The number of hydrogen-bond acceptors (Lipinski definition) is 2. The van der Waals surface area contributed by atoms with Crippen molar-refractivity contribution in [1.29, 1.82) is 0 Å². The van der Waals surface area contributed by atoms with Crippen LogP contribution in [0, 0.1) is 0 Å². The minimum absolute atomic E-state index is 0.972. The highest BCUT2D eigenvalue weighted by Gasteiger charge is 1.89. The number of aliphatic carboxylic acids is 1. The first-order valence-corrected chi connectivity index (χ1v) is 4.18. The number of carboxylic acid groups (broad SMARTS) is 1. The fourth-order valence-corrected chi connectivity index (χ4v) is 0.768. The van der Waals surface area contributed by atoms with E-state index in [1.165, 1.54) is 5.56 Å². The van der Waals surface area contributed by atoms with Crippen LogP contribution in [0.1, 0.15) is 19.4 Å². The SMILES string of the molecule is CC(=O)[O-].CCc1cc[n+](C)cc1. The van der Waals surface area contributed by atoms with E-state index in [1.807, 2.05) is 11.6 Å². The first kappa shape index (κ1) is 11.6. The van der Waals surface area contributed by atoms with Crippen molar-refractivity contribution < 1.29 is 14.5 Å². The maximum Gasteiger partial charge on any atom is 0.168 e. The molecule has 0 bridgehead atoms. The molecule has 3 heteroatoms. The smallest absolute Gasteiger partial charge is 0.168 e. The molecular formula is C10H15NO2. The Bertz CT molecular complexity index is 250. The molecule has 0 saturated carbocycles. The molecule has 3 nitrogen and oxygen atoms in total. The zero-order chi connectivity index (χ0) is 10.3. The van der Waals surface area contributed by atoms with E-state index in [0.717, 1.165) is 13.3 Å². The van der Waals surface area contributed by atoms with Crippen molar-refractivity contribution in [3.05, 3.63) is 30.1 Å². The van der Waals surface area contributed by atoms with E-state index in [0.29, 0.717) is 0 Å². The summed E-state index contributed by atoms with van der Waals surface area (Å²) in [5.74, 6) is -1.08. The number of carbonyl (C=O) groups excluding carboxylic acids is 1. The van der Waals surface area contributed by atoms with Gasteiger partial charge in [0.05, 0.1) is 0 Å². The monoisotopic (exact) mass is 181 g/mol. The lowest BCUT2D eigenvalue weighted by Gasteiger charge is -1.90. The predicted molar refractivity (Wildman–Crippen MR) is 47.7 cm³/mol. The average Bonchev–Trinajstić information content (AvgIpc) is 2.05. The molecule has 0 unspecified atom stereocenters. The molecular weight excluding hydrogens is 166 g/mol. The molecule has 0 amide bonds. The number of carbonyl (C=O) groups is 1. The van der Waals surface area contributed by atoms with Gasteiger partial charge >= 0.3 is 0 Å². The normalized spacial score (nSPS) is 8.54. The molecule has 1 aromatic heterocycles. The average molecular weight is 181 g/mol. The molecule has 0 aliphatic heterocycles. The number of rotatable bonds is 1. The molecule has 1 rings (SSSR count). The van der Waals surface area contributed by atoms with E-state index in [4.69, 9.17) is 9.90 Å². The number of carboxylic acids is 1. The molecule has 13 heavy (non-hydrogen) atoms. The minimum Gasteiger partial charge on any atom is -0.550 e. The van der Waals surface area contributed by atoms with Gasteiger partial charge in [0.1, 0.15) is 7.05 Å². The van der Waals surface area contributed by atoms with E-state index in [1.54, 1.807) is 0 Å². The van der Waals surface area contributed by atoms with Crippen LogP contribution in [-0.4, -0.2) is 5.97 Å². The minimum atomic E-state index is -1.08. The third kappa shape index (κ3) is 7.00. The molecule has 0 atom stereocenters. The van der Waals surface area contributed by atoms with E-state index in [2.05, 4.69) is 31.5 Å². The van der Waals surface area contributed by atoms with Gasteiger partial charge in [-0.25, -0.2) is 4.57 Å². The summed E-state index contributed by atoms with van der Waals surface area (Å²) >= 11 is 0. The zero-order valence-corrected chi connectivity index (χ0v) is 8.28. The Kier molecular flexibility index (Phi) is 5.52. The molecule has 0 aliphatic rings. The first-order chi connectivity index (χ1) is 6.06. The number of aromatic nitrogens is 1. The highest BCUT2D eigenvalue weighted by atomic mass is 16.4. The highest BCUT2D eigenvalue weighted by Crippen LogP contribution is 1.93. The number of aryl methyl sites for hydroxylation is 2. The van der Waals surface area contributed by atoms with Crippen molar-refractivity contribution in [2.24, 2.45) is 7.05 Å². The van der Waals surface area contributed by atoms with Crippen LogP contribution in [0.2, 0.25) is 0 Å². The van der Waals surface area contributed by atoms with Crippen molar-refractivity contribution in [2.45, 2.75) is 20.3 Å². The van der Waals surface area contributed by atoms with Crippen LogP contribution in [0.5, 0.6) is 0 Å². The second-order valence-corrected chi connectivity index (χ2v) is 2.72. The maximum atomic E-state index is 8.89. The largest absolute Gasteiger partial charge is 0.550 e. The summed E-state index contributed by atoms with van der Waals surface area (Å²) in [7, 11) is 2.03. The van der Waals surface area contributed by atoms with Crippen molar-refractivity contribution in [3.8, 4) is 0 Å². The molecule has 0 fully saturated rings. The van der Waals surface area contributed by atoms with Crippen molar-refractivity contribution in [1.82, 2.24) is 0 Å². The van der Waals surface area contributed by atoms with Crippen molar-refractivity contribution >= 4 is 5.97 Å². The number of hydrogen-bond donors (Lipinski definition) is 0. The summed E-state index contributed by atoms with van der Waals surface area (Å²) < 4.78 is 2.04. The Hall–Kier alpha value is -1.38. The Balaban J connectivity index is 0.000000310. The van der Waals surface area contributed by atoms with E-state index in [9.17, 15) is 0 Å². The lowest BCUT2D eigenvalue weighted by molar-refractivity contribution is -0.671. The van der Waals surface area contributed by atoms with Crippen molar-refractivity contribution in [3.63, 3.8) is 0 Å². The Morgan fingerprint density at radius 1 is 1.46 bits per heavy atom. The third-order valence-corrected chi connectivity index (χ3v) is 1.46. The molecule has 0 saturated heterocycles. The topological polar surface area (TPSA) is 44.0 Å². The van der Waals surface area contributed by atoms with Gasteiger partial charge in [0, 0.05) is 18.1 Å². The fraction of sp³-hybridized carbons (Fsp3) is 0.400. The van der Waals surface area contributed by atoms with Crippen LogP contribution < -0.4 is 9.67 Å². The Morgan fingerprint density at radius 2 is 1.85 bits per heavy atom. The highest BCUT2D eigenvalue weighted by molar-refractivity contribution is 5.60. The molecule has 0 aliphatic carbocycles. The lowest BCUT2D eigenvalue weighted by Crippen LogP contribution is -2.25. The number of nitrogens with zero attached hydrogens (tertiary/aromatic N) is 1. The van der Waals surface area contributed by atoms with Gasteiger partial charge in [-0.3, -0.25) is 0 Å². The van der Waals surface area contributed by atoms with Gasteiger partial charge in [-0.2, -0.15) is 0 Å². The van der Waals surface area contributed by atoms with Gasteiger partial charge in [-0.15, -0.1) is 0 Å². The second kappa shape index (κ2) is 6.17. The Labute approximate surface area is 78.6 Å². The summed E-state index contributed by atoms with van der Waals surface area (Å²) in [6.07, 6.45) is 5.26. The van der Waals surface area contributed by atoms with Crippen LogP contribution in [0.4, 0.5) is 0 Å². The van der Waals surface area contributed by atoms with Gasteiger partial charge in [-0.05, 0) is 18.9 Å². The third-order valence-electron chi connectivity index (χ3n) is 1.46. The summed E-state index contributed by atoms with van der Waals surface area (Å²) in [6.45, 7) is 3.13. The Morgan fingerprint density at radius 3 is 2.15 bits per heavy atom. The van der Waals surface area contributed by atoms with Gasteiger partial charge in [0.2, 0.25) is 0 Å². The number of pyridine rings is 1. The summed E-state index contributed by atoms with van der Waals surface area (Å²) in [5, 5.41) is 8.89. The molecule has 0 aromatic carbocycles. The standard InChI is InChI=1S/C8H12N.C2H4O2/c1-3-8-4-6-9(2)7-5-8;1-2(3)4/h4-7H,3H2,1-2H3;1H3,(H,3,4)/q+1;/p-1. The van der Waals surface area contributed by atoms with Gasteiger partial charge < -0.3 is 9.90 Å². The van der Waals surface area contributed by atoms with Crippen molar-refractivity contribution in [2.75, 3.05) is 0 Å². The summed E-state index contributed by atoms with van der Waals surface area (Å²) in [6, 6.07) is 4.28. The zero-order valence-electron chi connectivity index (χ0n) is 8.28. The molecule has 72 valence electrons. The molecule has 0 spiro atoms. The fourth-order valence-electron chi connectivity index (χ4n) is 0.768. The molecule has 1 aromatic rings. The first-order valence-electron chi connectivity index (χ1n) is 4.18. The van der Waals surface area contributed by atoms with Gasteiger partial charge in [-0.1, -0.05) is 6.92 Å².